The molecule has 5 rings (SSSR count). The van der Waals surface area contributed by atoms with Crippen LogP contribution in [0.4, 0.5) is 23.2 Å². The Balaban J connectivity index is 1.69. The normalized spacial score (nSPS) is 19.0. The van der Waals surface area contributed by atoms with Gasteiger partial charge in [-0.05, 0) is 72.7 Å². The second-order valence-electron chi connectivity index (χ2n) is 11.5. The summed E-state index contributed by atoms with van der Waals surface area (Å²) in [4.78, 5) is 15.5. The number of carbonyl (C=O) groups excluding carboxylic acids is 1. The van der Waals surface area contributed by atoms with E-state index in [1.807, 2.05) is 39.8 Å². The van der Waals surface area contributed by atoms with Gasteiger partial charge in [0.25, 0.3) is 0 Å². The van der Waals surface area contributed by atoms with E-state index in [4.69, 9.17) is 5.73 Å². The quantitative estimate of drug-likeness (QED) is 0.359. The molecule has 0 radical (unpaired) electrons. The minimum Gasteiger partial charge on any atom is -0.384 e. The van der Waals surface area contributed by atoms with E-state index in [1.54, 1.807) is 17.0 Å². The average molecular weight is 564 g/mol. The Morgan fingerprint density at radius 1 is 1.12 bits per heavy atom. The molecule has 0 saturated carbocycles. The van der Waals surface area contributed by atoms with Crippen molar-refractivity contribution in [1.29, 1.82) is 5.26 Å². The summed E-state index contributed by atoms with van der Waals surface area (Å²) < 4.78 is 54.5. The number of benzene rings is 2. The molecule has 10 heteroatoms. The number of nitrogens with zero attached hydrogens (tertiary/aromatic N) is 4. The molecule has 41 heavy (non-hydrogen) atoms. The lowest BCUT2D eigenvalue weighted by atomic mass is 9.68. The molecule has 1 atom stereocenters. The van der Waals surface area contributed by atoms with E-state index < -0.39 is 23.6 Å². The minimum absolute atomic E-state index is 0.0684. The summed E-state index contributed by atoms with van der Waals surface area (Å²) in [5.41, 5.74) is 10.1. The second-order valence-corrected chi connectivity index (χ2v) is 11.5. The highest BCUT2D eigenvalue weighted by Gasteiger charge is 2.45. The Hall–Kier alpha value is -4.39. The molecular formula is C31H29F4N5O. The van der Waals surface area contributed by atoms with Gasteiger partial charge in [0.05, 0.1) is 24.1 Å². The monoisotopic (exact) mass is 563 g/mol. The number of hydrogen-bond acceptors (Lipinski definition) is 5. The number of alkyl halides is 3. The molecule has 6 nitrogen and oxygen atoms in total. The number of anilines is 1. The van der Waals surface area contributed by atoms with Crippen molar-refractivity contribution in [3.05, 3.63) is 105 Å². The Labute approximate surface area is 235 Å². The fourth-order valence-corrected chi connectivity index (χ4v) is 5.91. The first-order valence-corrected chi connectivity index (χ1v) is 13.1. The van der Waals surface area contributed by atoms with Crippen molar-refractivity contribution in [2.75, 3.05) is 4.90 Å². The maximum absolute atomic E-state index is 13.9. The van der Waals surface area contributed by atoms with E-state index in [9.17, 15) is 27.6 Å². The van der Waals surface area contributed by atoms with Gasteiger partial charge in [0.15, 0.2) is 11.5 Å². The summed E-state index contributed by atoms with van der Waals surface area (Å²) in [6, 6.07) is 12.6. The summed E-state index contributed by atoms with van der Waals surface area (Å²) in [7, 11) is 0. The number of rotatable bonds is 4. The number of aromatic nitrogens is 2. The molecule has 0 saturated heterocycles. The Morgan fingerprint density at radius 2 is 1.80 bits per heavy atom. The maximum atomic E-state index is 13.9. The van der Waals surface area contributed by atoms with Gasteiger partial charge in [0.2, 0.25) is 0 Å². The van der Waals surface area contributed by atoms with Crippen LogP contribution in [0.15, 0.2) is 71.3 Å². The molecule has 1 aliphatic carbocycles. The van der Waals surface area contributed by atoms with Gasteiger partial charge in [0.1, 0.15) is 11.6 Å². The number of halogens is 4. The van der Waals surface area contributed by atoms with E-state index in [0.29, 0.717) is 34.5 Å². The lowest BCUT2D eigenvalue weighted by Gasteiger charge is -2.44. The molecule has 0 unspecified atom stereocenters. The van der Waals surface area contributed by atoms with E-state index in [0.717, 1.165) is 17.2 Å². The molecule has 3 aromatic rings. The predicted octanol–water partition coefficient (Wildman–Crippen LogP) is 6.65. The van der Waals surface area contributed by atoms with Gasteiger partial charge >= 0.3 is 6.18 Å². The molecule has 2 aromatic carbocycles. The van der Waals surface area contributed by atoms with Gasteiger partial charge in [-0.25, -0.2) is 4.39 Å². The SMILES string of the molecule is Cc1cc(Cn2ccc(C(F)(F)F)n2)c(C)c([C@@H]2C(C#N)=C(N)N(c3ccc(F)cc3)C3=C2C(=O)CC(C)(C)C3)c1. The molecule has 0 amide bonds. The summed E-state index contributed by atoms with van der Waals surface area (Å²) in [6.45, 7) is 7.72. The van der Waals surface area contributed by atoms with E-state index in [1.165, 1.54) is 23.0 Å². The zero-order valence-corrected chi connectivity index (χ0v) is 23.1. The molecule has 212 valence electrons. The van der Waals surface area contributed by atoms with Gasteiger partial charge in [-0.3, -0.25) is 14.4 Å². The molecule has 0 bridgehead atoms. The van der Waals surface area contributed by atoms with E-state index >= 15 is 0 Å². The predicted molar refractivity (Wildman–Crippen MR) is 146 cm³/mol. The fourth-order valence-electron chi connectivity index (χ4n) is 5.91. The lowest BCUT2D eigenvalue weighted by molar-refractivity contribution is -0.141. The zero-order valence-electron chi connectivity index (χ0n) is 23.1. The molecule has 2 aliphatic rings. The van der Waals surface area contributed by atoms with Crippen LogP contribution in [0, 0.1) is 36.4 Å². The van der Waals surface area contributed by atoms with Crippen molar-refractivity contribution in [1.82, 2.24) is 9.78 Å². The van der Waals surface area contributed by atoms with Crippen LogP contribution < -0.4 is 10.6 Å². The third-order valence-electron chi connectivity index (χ3n) is 7.74. The minimum atomic E-state index is -4.56. The van der Waals surface area contributed by atoms with Crippen LogP contribution >= 0.6 is 0 Å². The van der Waals surface area contributed by atoms with Gasteiger partial charge < -0.3 is 5.73 Å². The highest BCUT2D eigenvalue weighted by molar-refractivity contribution is 6.01. The van der Waals surface area contributed by atoms with Crippen molar-refractivity contribution in [2.45, 2.75) is 59.2 Å². The van der Waals surface area contributed by atoms with Crippen molar-refractivity contribution in [3.63, 3.8) is 0 Å². The molecule has 2 heterocycles. The van der Waals surface area contributed by atoms with Crippen LogP contribution in [0.25, 0.3) is 0 Å². The second kappa shape index (κ2) is 9.91. The third kappa shape index (κ3) is 5.12. The topological polar surface area (TPSA) is 87.9 Å². The van der Waals surface area contributed by atoms with Crippen LogP contribution in [0.3, 0.4) is 0 Å². The lowest BCUT2D eigenvalue weighted by Crippen LogP contribution is -2.42. The van der Waals surface area contributed by atoms with E-state index in [-0.39, 0.29) is 35.6 Å². The summed E-state index contributed by atoms with van der Waals surface area (Å²) in [6.07, 6.45) is -2.52. The van der Waals surface area contributed by atoms with Crippen LogP contribution in [0.5, 0.6) is 0 Å². The highest BCUT2D eigenvalue weighted by Crippen LogP contribution is 2.51. The molecule has 0 fully saturated rings. The molecule has 1 aromatic heterocycles. The first kappa shape index (κ1) is 28.1. The van der Waals surface area contributed by atoms with Crippen LogP contribution in [0.1, 0.15) is 60.6 Å². The molecule has 2 N–H and O–H groups in total. The Morgan fingerprint density at radius 3 is 2.41 bits per heavy atom. The zero-order chi connectivity index (χ0) is 29.9. The fraction of sp³-hybridized carbons (Fsp3) is 0.323. The average Bonchev–Trinajstić information content (AvgIpc) is 3.35. The molecule has 0 spiro atoms. The summed E-state index contributed by atoms with van der Waals surface area (Å²) in [5.74, 6) is -1.16. The number of carbonyl (C=O) groups is 1. The Kier molecular flexibility index (Phi) is 6.80. The van der Waals surface area contributed by atoms with Gasteiger partial charge in [0, 0.05) is 29.6 Å². The summed E-state index contributed by atoms with van der Waals surface area (Å²) >= 11 is 0. The number of ketones is 1. The number of allylic oxidation sites excluding steroid dienone is 3. The number of nitrogens with two attached hydrogens (primary N) is 1. The standard InChI is InChI=1S/C31H29F4N5O/c1-17-11-19(16-39-10-9-26(38-39)31(33,34)35)18(2)22(12-17)27-23(15-36)29(37)40(21-7-5-20(32)6-8-21)24-13-30(3,4)14-25(41)28(24)27/h5-12,27H,13-14,16,37H2,1-4H3/t27-/m1/s1. The largest absolute Gasteiger partial charge is 0.435 e. The molecule has 1 aliphatic heterocycles. The number of nitriles is 1. The van der Waals surface area contributed by atoms with Crippen LogP contribution in [-0.4, -0.2) is 15.6 Å². The number of aryl methyl sites for hydroxylation is 1. The first-order valence-electron chi connectivity index (χ1n) is 13.1. The van der Waals surface area contributed by atoms with Crippen LogP contribution in [0.2, 0.25) is 0 Å². The summed E-state index contributed by atoms with van der Waals surface area (Å²) in [5, 5.41) is 14.1. The van der Waals surface area contributed by atoms with Crippen molar-refractivity contribution in [3.8, 4) is 6.07 Å². The third-order valence-corrected chi connectivity index (χ3v) is 7.74. The van der Waals surface area contributed by atoms with Crippen molar-refractivity contribution < 1.29 is 22.4 Å². The number of Topliss-reactive ketones (excluding diaryl/α,β-unsaturated/α-hetero) is 1. The highest BCUT2D eigenvalue weighted by atomic mass is 19.4. The Bertz CT molecular complexity index is 1650. The number of hydrogen-bond donors (Lipinski definition) is 1. The molecular weight excluding hydrogens is 534 g/mol. The van der Waals surface area contributed by atoms with Crippen molar-refractivity contribution in [2.24, 2.45) is 11.1 Å². The van der Waals surface area contributed by atoms with Gasteiger partial charge in [-0.1, -0.05) is 31.5 Å². The first-order chi connectivity index (χ1) is 19.2. The van der Waals surface area contributed by atoms with Gasteiger partial charge in [-0.2, -0.15) is 23.5 Å². The van der Waals surface area contributed by atoms with Crippen molar-refractivity contribution >= 4 is 11.5 Å². The van der Waals surface area contributed by atoms with Crippen LogP contribution in [-0.2, 0) is 17.5 Å². The smallest absolute Gasteiger partial charge is 0.384 e. The van der Waals surface area contributed by atoms with E-state index in [2.05, 4.69) is 11.2 Å². The van der Waals surface area contributed by atoms with Gasteiger partial charge in [-0.15, -0.1) is 0 Å². The maximum Gasteiger partial charge on any atom is 0.435 e.